The fourth-order valence-corrected chi connectivity index (χ4v) is 5.08. The molecule has 1 aliphatic heterocycles. The highest BCUT2D eigenvalue weighted by Crippen LogP contribution is 2.32. The molecule has 0 bridgehead atoms. The summed E-state index contributed by atoms with van der Waals surface area (Å²) in [7, 11) is 0. The van der Waals surface area contributed by atoms with E-state index < -0.39 is 41.7 Å². The van der Waals surface area contributed by atoms with Crippen LogP contribution in [0.2, 0.25) is 0 Å². The van der Waals surface area contributed by atoms with E-state index in [9.17, 15) is 24.9 Å². The number of thiazole rings is 1. The van der Waals surface area contributed by atoms with Crippen LogP contribution in [0, 0.1) is 24.2 Å². The fraction of sp³-hybridized carbons (Fsp3) is 0.731. The smallest absolute Gasteiger partial charge is 0.309 e. The minimum atomic E-state index is -1.25. The number of rotatable bonds is 2. The van der Waals surface area contributed by atoms with E-state index in [2.05, 4.69) is 4.98 Å². The molecule has 7 nitrogen and oxygen atoms in total. The number of aromatic nitrogens is 1. The third kappa shape index (κ3) is 7.70. The number of aliphatic hydroxyl groups excluding tert-OH is 3. The van der Waals surface area contributed by atoms with Crippen LogP contribution in [-0.4, -0.2) is 56.5 Å². The molecule has 2 rings (SSSR count). The summed E-state index contributed by atoms with van der Waals surface area (Å²) in [5.74, 6) is -1.71. The first-order valence-corrected chi connectivity index (χ1v) is 13.1. The Hall–Kier alpha value is -1.61. The first kappa shape index (κ1) is 28.6. The predicted molar refractivity (Wildman–Crippen MR) is 133 cm³/mol. The molecule has 1 aromatic rings. The second kappa shape index (κ2) is 12.4. The largest absolute Gasteiger partial charge is 0.458 e. The number of hydrogen-bond donors (Lipinski definition) is 3. The van der Waals surface area contributed by atoms with Gasteiger partial charge in [-0.2, -0.15) is 0 Å². The summed E-state index contributed by atoms with van der Waals surface area (Å²) in [4.78, 5) is 30.4. The number of esters is 1. The van der Waals surface area contributed by atoms with Crippen molar-refractivity contribution < 1.29 is 29.6 Å². The Balaban J connectivity index is 2.27. The monoisotopic (exact) mass is 495 g/mol. The van der Waals surface area contributed by atoms with Crippen LogP contribution in [0.15, 0.2) is 11.0 Å². The molecule has 1 aromatic heterocycles. The first-order chi connectivity index (χ1) is 15.8. The van der Waals surface area contributed by atoms with Crippen LogP contribution in [-0.2, 0) is 14.3 Å². The molecule has 8 heteroatoms. The number of ketones is 1. The van der Waals surface area contributed by atoms with E-state index in [0.29, 0.717) is 32.1 Å². The topological polar surface area (TPSA) is 117 Å². The van der Waals surface area contributed by atoms with Gasteiger partial charge in [0.1, 0.15) is 11.9 Å². The van der Waals surface area contributed by atoms with Crippen molar-refractivity contribution in [3.05, 3.63) is 21.7 Å². The van der Waals surface area contributed by atoms with Gasteiger partial charge in [-0.15, -0.1) is 11.3 Å². The third-order valence-corrected chi connectivity index (χ3v) is 7.88. The summed E-state index contributed by atoms with van der Waals surface area (Å²) < 4.78 is 5.74. The molecule has 1 saturated heterocycles. The lowest BCUT2D eigenvalue weighted by Gasteiger charge is -2.34. The van der Waals surface area contributed by atoms with E-state index >= 15 is 0 Å². The average Bonchev–Trinajstić information content (AvgIpc) is 3.18. The molecule has 0 spiro atoms. The lowest BCUT2D eigenvalue weighted by atomic mass is 9.73. The summed E-state index contributed by atoms with van der Waals surface area (Å²) >= 11 is 1.53. The van der Waals surface area contributed by atoms with Crippen LogP contribution in [0.5, 0.6) is 0 Å². The zero-order valence-corrected chi connectivity index (χ0v) is 22.1. The number of Topliss-reactive ketones (excluding diaryl/α,β-unsaturated/α-hetero) is 1. The number of aliphatic hydroxyl groups is 3. The Morgan fingerprint density at radius 1 is 1.15 bits per heavy atom. The Bertz CT molecular complexity index is 863. The van der Waals surface area contributed by atoms with Gasteiger partial charge in [0, 0.05) is 11.3 Å². The van der Waals surface area contributed by atoms with Crippen LogP contribution in [0.25, 0.3) is 6.08 Å². The van der Waals surface area contributed by atoms with Crippen molar-refractivity contribution in [1.82, 2.24) is 4.98 Å². The van der Waals surface area contributed by atoms with E-state index in [-0.39, 0.29) is 18.1 Å². The predicted octanol–water partition coefficient (Wildman–Crippen LogP) is 4.07. The number of carbonyl (C=O) groups excluding carboxylic acids is 2. The number of hydrogen-bond acceptors (Lipinski definition) is 8. The zero-order chi connectivity index (χ0) is 25.6. The summed E-state index contributed by atoms with van der Waals surface area (Å²) in [5, 5.41) is 34.9. The van der Waals surface area contributed by atoms with Gasteiger partial charge >= 0.3 is 5.97 Å². The molecule has 2 heterocycles. The summed E-state index contributed by atoms with van der Waals surface area (Å²) in [5.41, 5.74) is 0.379. The first-order valence-electron chi connectivity index (χ1n) is 12.2. The maximum Gasteiger partial charge on any atom is 0.309 e. The lowest BCUT2D eigenvalue weighted by molar-refractivity contribution is -0.154. The SMILES string of the molecule is C/C(=C\c1csc(C)n1)[C@@H]1CC[C@H](O)CCC[C@H](C)C(O)[C@@H](C)C(=O)C(C)(C)[C@@H](O)CC(=O)O1. The zero-order valence-electron chi connectivity index (χ0n) is 21.3. The maximum atomic E-state index is 13.1. The van der Waals surface area contributed by atoms with Crippen molar-refractivity contribution >= 4 is 29.2 Å². The second-order valence-electron chi connectivity index (χ2n) is 10.4. The molecule has 0 saturated carbocycles. The maximum absolute atomic E-state index is 13.1. The van der Waals surface area contributed by atoms with Crippen molar-refractivity contribution in [2.24, 2.45) is 17.3 Å². The van der Waals surface area contributed by atoms with Crippen molar-refractivity contribution in [3.8, 4) is 0 Å². The van der Waals surface area contributed by atoms with Gasteiger partial charge in [0.15, 0.2) is 0 Å². The quantitative estimate of drug-likeness (QED) is 0.530. The summed E-state index contributed by atoms with van der Waals surface area (Å²) in [6.07, 6.45) is 1.16. The highest BCUT2D eigenvalue weighted by atomic mass is 32.1. The minimum Gasteiger partial charge on any atom is -0.458 e. The van der Waals surface area contributed by atoms with E-state index in [1.54, 1.807) is 20.8 Å². The molecule has 34 heavy (non-hydrogen) atoms. The fourth-order valence-electron chi connectivity index (χ4n) is 4.51. The Kier molecular flexibility index (Phi) is 10.4. The molecule has 192 valence electrons. The molecule has 1 fully saturated rings. The molecular formula is C26H41NO6S. The Morgan fingerprint density at radius 2 is 1.82 bits per heavy atom. The molecule has 3 N–H and O–H groups in total. The normalized spacial score (nSPS) is 32.9. The van der Waals surface area contributed by atoms with Gasteiger partial charge in [-0.1, -0.05) is 34.1 Å². The molecule has 0 radical (unpaired) electrons. The molecule has 1 unspecified atom stereocenters. The van der Waals surface area contributed by atoms with Gasteiger partial charge in [-0.25, -0.2) is 4.98 Å². The van der Waals surface area contributed by atoms with Gasteiger partial charge in [0.25, 0.3) is 0 Å². The molecule has 1 aliphatic rings. The Morgan fingerprint density at radius 3 is 2.44 bits per heavy atom. The van der Waals surface area contributed by atoms with Crippen LogP contribution in [0.4, 0.5) is 0 Å². The van der Waals surface area contributed by atoms with Gasteiger partial charge in [0.05, 0.1) is 40.8 Å². The van der Waals surface area contributed by atoms with Crippen molar-refractivity contribution in [1.29, 1.82) is 0 Å². The number of cyclic esters (lactones) is 1. The lowest BCUT2D eigenvalue weighted by Crippen LogP contribution is -2.45. The summed E-state index contributed by atoms with van der Waals surface area (Å²) in [6.45, 7) is 10.6. The number of aryl methyl sites for hydroxylation is 1. The summed E-state index contributed by atoms with van der Waals surface area (Å²) in [6, 6.07) is 0. The molecular weight excluding hydrogens is 454 g/mol. The highest BCUT2D eigenvalue weighted by molar-refractivity contribution is 7.09. The average molecular weight is 496 g/mol. The van der Waals surface area contributed by atoms with E-state index in [1.165, 1.54) is 11.3 Å². The van der Waals surface area contributed by atoms with Crippen molar-refractivity contribution in [2.75, 3.05) is 0 Å². The van der Waals surface area contributed by atoms with Crippen LogP contribution in [0.1, 0.15) is 83.8 Å². The number of ether oxygens (including phenoxy) is 1. The van der Waals surface area contributed by atoms with Crippen LogP contribution in [0.3, 0.4) is 0 Å². The number of nitrogens with zero attached hydrogens (tertiary/aromatic N) is 1. The second-order valence-corrected chi connectivity index (χ2v) is 11.4. The molecule has 0 aliphatic carbocycles. The highest BCUT2D eigenvalue weighted by Gasteiger charge is 2.42. The van der Waals surface area contributed by atoms with E-state index in [1.807, 2.05) is 32.2 Å². The third-order valence-electron chi connectivity index (χ3n) is 7.09. The molecule has 6 atom stereocenters. The molecule has 0 amide bonds. The van der Waals surface area contributed by atoms with Gasteiger partial charge in [-0.05, 0) is 57.1 Å². The van der Waals surface area contributed by atoms with Gasteiger partial charge < -0.3 is 20.1 Å². The minimum absolute atomic E-state index is 0.128. The van der Waals surface area contributed by atoms with Crippen LogP contribution < -0.4 is 0 Å². The van der Waals surface area contributed by atoms with E-state index in [4.69, 9.17) is 4.74 Å². The molecule has 0 aromatic carbocycles. The van der Waals surface area contributed by atoms with Gasteiger partial charge in [-0.3, -0.25) is 9.59 Å². The van der Waals surface area contributed by atoms with Crippen LogP contribution >= 0.6 is 11.3 Å². The van der Waals surface area contributed by atoms with Gasteiger partial charge in [0.2, 0.25) is 0 Å². The van der Waals surface area contributed by atoms with Crippen molar-refractivity contribution in [2.45, 2.75) is 104 Å². The van der Waals surface area contributed by atoms with E-state index in [0.717, 1.165) is 16.3 Å². The number of carbonyl (C=O) groups is 2. The van der Waals surface area contributed by atoms with Crippen molar-refractivity contribution in [3.63, 3.8) is 0 Å². The standard InChI is InChI=1S/C26H41NO6S/c1-15-8-7-9-20(28)10-11-21(16(2)12-19-14-34-18(4)27-19)33-23(30)13-22(29)26(5,6)25(32)17(3)24(15)31/h12,14-15,17,20-22,24,28-29,31H,7-11,13H2,1-6H3/b16-12+/t15-,17+,20+,21-,22-,24?/m0/s1. The Labute approximate surface area is 207 Å².